The van der Waals surface area contributed by atoms with Gasteiger partial charge in [0.2, 0.25) is 6.79 Å². The third kappa shape index (κ3) is 4.21. The smallest absolute Gasteiger partial charge is 0.338 e. The highest BCUT2D eigenvalue weighted by Gasteiger charge is 2.34. The Morgan fingerprint density at radius 1 is 1.37 bits per heavy atom. The van der Waals surface area contributed by atoms with E-state index in [2.05, 4.69) is 33.5 Å². The van der Waals surface area contributed by atoms with Crippen LogP contribution in [0.5, 0.6) is 11.5 Å². The quantitative estimate of drug-likeness (QED) is 0.659. The van der Waals surface area contributed by atoms with E-state index in [9.17, 15) is 9.59 Å². The number of ether oxygens (including phenoxy) is 3. The van der Waals surface area contributed by atoms with Crippen molar-refractivity contribution in [1.29, 1.82) is 0 Å². The molecule has 0 unspecified atom stereocenters. The van der Waals surface area contributed by atoms with Crippen LogP contribution in [-0.2, 0) is 9.53 Å². The molecular formula is C19H23BrN2O5. The van der Waals surface area contributed by atoms with Gasteiger partial charge in [0.05, 0.1) is 18.2 Å². The summed E-state index contributed by atoms with van der Waals surface area (Å²) in [7, 11) is 0. The van der Waals surface area contributed by atoms with Crippen molar-refractivity contribution >= 4 is 27.9 Å². The molecule has 2 atom stereocenters. The SMILES string of the molecule is CCC[C@@H](C)COC(=O)C1=C(C)NC(=O)N[C@@H]1c1cc2c(cc1Br)OCO2. The van der Waals surface area contributed by atoms with Gasteiger partial charge in [0.15, 0.2) is 11.5 Å². The summed E-state index contributed by atoms with van der Waals surface area (Å²) in [6, 6.07) is 2.51. The van der Waals surface area contributed by atoms with Gasteiger partial charge < -0.3 is 24.8 Å². The molecule has 2 amide bonds. The van der Waals surface area contributed by atoms with Crippen LogP contribution in [0.1, 0.15) is 45.2 Å². The van der Waals surface area contributed by atoms with Crippen LogP contribution in [0.4, 0.5) is 4.79 Å². The van der Waals surface area contributed by atoms with Gasteiger partial charge in [0, 0.05) is 10.2 Å². The minimum Gasteiger partial charge on any atom is -0.462 e. The number of rotatable bonds is 6. The summed E-state index contributed by atoms with van der Waals surface area (Å²) in [4.78, 5) is 24.9. The van der Waals surface area contributed by atoms with Gasteiger partial charge >= 0.3 is 12.0 Å². The minimum absolute atomic E-state index is 0.142. The Balaban J connectivity index is 1.89. The highest BCUT2D eigenvalue weighted by atomic mass is 79.9. The van der Waals surface area contributed by atoms with Gasteiger partial charge in [-0.15, -0.1) is 0 Å². The summed E-state index contributed by atoms with van der Waals surface area (Å²) in [5, 5.41) is 5.46. The number of esters is 1. The molecule has 3 rings (SSSR count). The Bertz CT molecular complexity index is 793. The first-order valence-corrected chi connectivity index (χ1v) is 9.74. The van der Waals surface area contributed by atoms with Crippen molar-refractivity contribution in [2.75, 3.05) is 13.4 Å². The number of benzene rings is 1. The number of amides is 2. The molecule has 7 nitrogen and oxygen atoms in total. The van der Waals surface area contributed by atoms with Crippen LogP contribution in [0.2, 0.25) is 0 Å². The standard InChI is InChI=1S/C19H23BrN2O5/c1-4-5-10(2)8-25-18(23)16-11(3)21-19(24)22-17(16)12-6-14-15(7-13(12)20)27-9-26-14/h6-7,10,17H,4-5,8-9H2,1-3H3,(H2,21,22,24)/t10-,17-/m1/s1. The summed E-state index contributed by atoms with van der Waals surface area (Å²) in [5.41, 5.74) is 1.54. The Morgan fingerprint density at radius 3 is 2.78 bits per heavy atom. The molecule has 2 aliphatic rings. The lowest BCUT2D eigenvalue weighted by molar-refractivity contribution is -0.140. The van der Waals surface area contributed by atoms with Gasteiger partial charge in [-0.1, -0.05) is 36.2 Å². The number of fused-ring (bicyclic) bond motifs is 1. The van der Waals surface area contributed by atoms with Gasteiger partial charge in [0.1, 0.15) is 0 Å². The second-order valence-corrected chi connectivity index (χ2v) is 7.64. The van der Waals surface area contributed by atoms with Crippen molar-refractivity contribution in [2.24, 2.45) is 5.92 Å². The predicted octanol–water partition coefficient (Wildman–Crippen LogP) is 3.79. The molecule has 0 aliphatic carbocycles. The maximum absolute atomic E-state index is 12.8. The van der Waals surface area contributed by atoms with Crippen molar-refractivity contribution in [3.05, 3.63) is 33.4 Å². The molecule has 0 fully saturated rings. The lowest BCUT2D eigenvalue weighted by atomic mass is 9.95. The molecule has 0 saturated heterocycles. The first-order chi connectivity index (χ1) is 12.9. The van der Waals surface area contributed by atoms with Crippen LogP contribution in [0.25, 0.3) is 0 Å². The number of hydrogen-bond acceptors (Lipinski definition) is 5. The van der Waals surface area contributed by atoms with Gasteiger partial charge in [-0.2, -0.15) is 0 Å². The third-order valence-electron chi connectivity index (χ3n) is 4.57. The number of halogens is 1. The molecule has 0 bridgehead atoms. The fraction of sp³-hybridized carbons (Fsp3) is 0.474. The van der Waals surface area contributed by atoms with E-state index in [4.69, 9.17) is 14.2 Å². The lowest BCUT2D eigenvalue weighted by Gasteiger charge is -2.29. The van der Waals surface area contributed by atoms with Crippen LogP contribution in [0, 0.1) is 5.92 Å². The molecule has 2 heterocycles. The lowest BCUT2D eigenvalue weighted by Crippen LogP contribution is -2.45. The largest absolute Gasteiger partial charge is 0.462 e. The van der Waals surface area contributed by atoms with Crippen molar-refractivity contribution < 1.29 is 23.8 Å². The Kier molecular flexibility index (Phi) is 5.94. The van der Waals surface area contributed by atoms with Gasteiger partial charge in [-0.3, -0.25) is 0 Å². The van der Waals surface area contributed by atoms with E-state index in [1.165, 1.54) is 0 Å². The van der Waals surface area contributed by atoms with Gasteiger partial charge in [-0.25, -0.2) is 9.59 Å². The fourth-order valence-corrected chi connectivity index (χ4v) is 3.77. The number of allylic oxidation sites excluding steroid dienone is 1. The normalized spacial score (nSPS) is 19.4. The molecule has 2 aliphatic heterocycles. The zero-order valence-electron chi connectivity index (χ0n) is 15.6. The molecular weight excluding hydrogens is 416 g/mol. The van der Waals surface area contributed by atoms with E-state index in [-0.39, 0.29) is 18.7 Å². The second kappa shape index (κ2) is 8.21. The highest BCUT2D eigenvalue weighted by Crippen LogP contribution is 2.41. The topological polar surface area (TPSA) is 85.9 Å². The first-order valence-electron chi connectivity index (χ1n) is 8.95. The van der Waals surface area contributed by atoms with Gasteiger partial charge in [-0.05, 0) is 37.0 Å². The molecule has 0 saturated carbocycles. The van der Waals surface area contributed by atoms with Crippen LogP contribution in [-0.4, -0.2) is 25.4 Å². The van der Waals surface area contributed by atoms with Crippen molar-refractivity contribution in [2.45, 2.75) is 39.7 Å². The van der Waals surface area contributed by atoms with E-state index in [0.717, 1.165) is 12.8 Å². The number of urea groups is 1. The Morgan fingerprint density at radius 2 is 2.07 bits per heavy atom. The van der Waals surface area contributed by atoms with Crippen LogP contribution in [0.3, 0.4) is 0 Å². The van der Waals surface area contributed by atoms with Crippen molar-refractivity contribution in [1.82, 2.24) is 10.6 Å². The Labute approximate surface area is 166 Å². The summed E-state index contributed by atoms with van der Waals surface area (Å²) in [5.74, 6) is 1.02. The van der Waals surface area contributed by atoms with Crippen LogP contribution < -0.4 is 20.1 Å². The first kappa shape index (κ1) is 19.5. The molecule has 0 radical (unpaired) electrons. The second-order valence-electron chi connectivity index (χ2n) is 6.79. The maximum atomic E-state index is 12.8. The van der Waals surface area contributed by atoms with E-state index in [0.29, 0.717) is 39.4 Å². The average Bonchev–Trinajstić information content (AvgIpc) is 3.05. The van der Waals surface area contributed by atoms with Gasteiger partial charge in [0.25, 0.3) is 0 Å². The number of carbonyl (C=O) groups excluding carboxylic acids is 2. The van der Waals surface area contributed by atoms with Crippen LogP contribution in [0.15, 0.2) is 27.9 Å². The molecule has 27 heavy (non-hydrogen) atoms. The summed E-state index contributed by atoms with van der Waals surface area (Å²) < 4.78 is 17.0. The van der Waals surface area contributed by atoms with Crippen LogP contribution >= 0.6 is 15.9 Å². The third-order valence-corrected chi connectivity index (χ3v) is 5.26. The van der Waals surface area contributed by atoms with Crippen molar-refractivity contribution in [3.8, 4) is 11.5 Å². The molecule has 8 heteroatoms. The fourth-order valence-electron chi connectivity index (χ4n) is 3.22. The minimum atomic E-state index is -0.656. The number of nitrogens with one attached hydrogen (secondary N) is 2. The zero-order chi connectivity index (χ0) is 19.6. The molecule has 0 aromatic heterocycles. The van der Waals surface area contributed by atoms with E-state index >= 15 is 0 Å². The van der Waals surface area contributed by atoms with E-state index in [1.54, 1.807) is 19.1 Å². The highest BCUT2D eigenvalue weighted by molar-refractivity contribution is 9.10. The maximum Gasteiger partial charge on any atom is 0.338 e. The predicted molar refractivity (Wildman–Crippen MR) is 102 cm³/mol. The molecule has 2 N–H and O–H groups in total. The number of hydrogen-bond donors (Lipinski definition) is 2. The summed E-state index contributed by atoms with van der Waals surface area (Å²) in [6.07, 6.45) is 2.02. The van der Waals surface area contributed by atoms with Crippen molar-refractivity contribution in [3.63, 3.8) is 0 Å². The number of carbonyl (C=O) groups is 2. The summed E-state index contributed by atoms with van der Waals surface area (Å²) in [6.45, 7) is 6.32. The summed E-state index contributed by atoms with van der Waals surface area (Å²) >= 11 is 3.50. The molecule has 1 aromatic rings. The molecule has 1 aromatic carbocycles. The average molecular weight is 439 g/mol. The monoisotopic (exact) mass is 438 g/mol. The molecule has 146 valence electrons. The van der Waals surface area contributed by atoms with E-state index < -0.39 is 12.0 Å². The zero-order valence-corrected chi connectivity index (χ0v) is 17.1. The molecule has 0 spiro atoms. The Hall–Kier alpha value is -2.22. The van der Waals surface area contributed by atoms with E-state index in [1.807, 2.05) is 6.92 Å².